The van der Waals surface area contributed by atoms with E-state index in [1.54, 1.807) is 0 Å². The SMILES string of the molecule is c1ccc(-c2ccccc2N(c2ccc3c(c2)-c2ccccc2C32c3ccccc3-c3ccccc3-c3ccccc32)c2ccccc2-c2ccccc2)cc1. The molecule has 9 aromatic carbocycles. The van der Waals surface area contributed by atoms with Crippen LogP contribution in [-0.2, 0) is 5.41 Å². The van der Waals surface area contributed by atoms with Gasteiger partial charge in [-0.25, -0.2) is 0 Å². The van der Waals surface area contributed by atoms with E-state index in [-0.39, 0.29) is 0 Å². The number of para-hydroxylation sites is 2. The zero-order chi connectivity index (χ0) is 37.1. The lowest BCUT2D eigenvalue weighted by atomic mass is 9.66. The first-order valence-electron chi connectivity index (χ1n) is 19.4. The molecule has 0 atom stereocenters. The van der Waals surface area contributed by atoms with Crippen molar-refractivity contribution < 1.29 is 0 Å². The molecule has 2 aliphatic rings. The van der Waals surface area contributed by atoms with Gasteiger partial charge in [-0.05, 0) is 91.0 Å². The molecule has 1 nitrogen and oxygen atoms in total. The first kappa shape index (κ1) is 32.2. The maximum absolute atomic E-state index is 2.48. The van der Waals surface area contributed by atoms with Crippen LogP contribution in [0.25, 0.3) is 55.6 Å². The van der Waals surface area contributed by atoms with Crippen LogP contribution in [-0.4, -0.2) is 0 Å². The molecule has 0 radical (unpaired) electrons. The van der Waals surface area contributed by atoms with Crippen LogP contribution < -0.4 is 4.90 Å². The summed E-state index contributed by atoms with van der Waals surface area (Å²) >= 11 is 0. The molecule has 0 unspecified atom stereocenters. The Hall–Kier alpha value is -7.22. The summed E-state index contributed by atoms with van der Waals surface area (Å²) in [5, 5.41) is 0. The molecule has 0 aliphatic heterocycles. The minimum absolute atomic E-state index is 0.522. The Kier molecular flexibility index (Phi) is 7.47. The van der Waals surface area contributed by atoms with Gasteiger partial charge in [0.2, 0.25) is 0 Å². The van der Waals surface area contributed by atoms with Crippen molar-refractivity contribution in [2.75, 3.05) is 4.90 Å². The third-order valence-electron chi connectivity index (χ3n) is 11.9. The Morgan fingerprint density at radius 2 is 0.589 bits per heavy atom. The van der Waals surface area contributed by atoms with E-state index in [0.717, 1.165) is 17.1 Å². The fourth-order valence-electron chi connectivity index (χ4n) is 9.65. The van der Waals surface area contributed by atoms with E-state index in [1.807, 2.05) is 0 Å². The lowest BCUT2D eigenvalue weighted by molar-refractivity contribution is 0.775. The molecular formula is C55H37N. The molecule has 56 heavy (non-hydrogen) atoms. The standard InChI is InChI=1S/C55H37N/c1-3-19-38(20-4-1)41-23-12-17-33-53(41)56(54-34-18-13-24-42(54)39-21-5-2-6-22-39)40-35-36-52-48(37-40)47-29-11-16-32-51(47)55(52)49-30-14-9-27-45(49)43-25-7-8-26-44(43)46-28-10-15-31-50(46)55/h1-37H. The highest BCUT2D eigenvalue weighted by atomic mass is 15.1. The molecule has 0 aromatic heterocycles. The van der Waals surface area contributed by atoms with Crippen molar-refractivity contribution in [2.24, 2.45) is 0 Å². The number of rotatable bonds is 5. The molecule has 0 heterocycles. The number of hydrogen-bond donors (Lipinski definition) is 0. The van der Waals surface area contributed by atoms with Gasteiger partial charge in [-0.2, -0.15) is 0 Å². The van der Waals surface area contributed by atoms with Gasteiger partial charge in [0, 0.05) is 16.8 Å². The zero-order valence-corrected chi connectivity index (χ0v) is 30.8. The van der Waals surface area contributed by atoms with Crippen molar-refractivity contribution in [2.45, 2.75) is 5.41 Å². The molecule has 0 N–H and O–H groups in total. The third kappa shape index (κ3) is 4.74. The van der Waals surface area contributed by atoms with Crippen LogP contribution in [0, 0.1) is 0 Å². The molecule has 1 spiro atoms. The third-order valence-corrected chi connectivity index (χ3v) is 11.9. The van der Waals surface area contributed by atoms with E-state index in [0.29, 0.717) is 0 Å². The van der Waals surface area contributed by atoms with Gasteiger partial charge in [-0.15, -0.1) is 0 Å². The minimum Gasteiger partial charge on any atom is -0.309 e. The van der Waals surface area contributed by atoms with Crippen molar-refractivity contribution in [1.29, 1.82) is 0 Å². The van der Waals surface area contributed by atoms with E-state index < -0.39 is 5.41 Å². The van der Waals surface area contributed by atoms with Crippen LogP contribution in [0.1, 0.15) is 22.3 Å². The van der Waals surface area contributed by atoms with Gasteiger partial charge in [0.25, 0.3) is 0 Å². The van der Waals surface area contributed by atoms with E-state index >= 15 is 0 Å². The van der Waals surface area contributed by atoms with E-state index in [4.69, 9.17) is 0 Å². The summed E-state index contributed by atoms with van der Waals surface area (Å²) in [7, 11) is 0. The maximum Gasteiger partial charge on any atom is 0.0725 e. The second kappa shape index (κ2) is 13.0. The summed E-state index contributed by atoms with van der Waals surface area (Å²) in [6.07, 6.45) is 0. The number of nitrogens with zero attached hydrogens (tertiary/aromatic N) is 1. The van der Waals surface area contributed by atoms with Crippen molar-refractivity contribution in [3.8, 4) is 55.6 Å². The topological polar surface area (TPSA) is 3.24 Å². The Morgan fingerprint density at radius 1 is 0.250 bits per heavy atom. The molecule has 1 heteroatoms. The summed E-state index contributed by atoms with van der Waals surface area (Å²) in [4.78, 5) is 2.48. The van der Waals surface area contributed by atoms with Crippen LogP contribution in [0.15, 0.2) is 224 Å². The first-order valence-corrected chi connectivity index (χ1v) is 19.4. The Balaban J connectivity index is 1.22. The predicted octanol–water partition coefficient (Wildman–Crippen LogP) is 14.5. The molecular weight excluding hydrogens is 675 g/mol. The number of hydrogen-bond acceptors (Lipinski definition) is 1. The summed E-state index contributed by atoms with van der Waals surface area (Å²) < 4.78 is 0. The fourth-order valence-corrected chi connectivity index (χ4v) is 9.65. The lowest BCUT2D eigenvalue weighted by Gasteiger charge is -2.35. The average Bonchev–Trinajstić information content (AvgIpc) is 3.51. The van der Waals surface area contributed by atoms with Gasteiger partial charge in [0.05, 0.1) is 16.8 Å². The molecule has 11 rings (SSSR count). The molecule has 0 saturated carbocycles. The van der Waals surface area contributed by atoms with Gasteiger partial charge in [0.1, 0.15) is 0 Å². The highest BCUT2D eigenvalue weighted by molar-refractivity contribution is 5.99. The second-order valence-electron chi connectivity index (χ2n) is 14.8. The van der Waals surface area contributed by atoms with Gasteiger partial charge >= 0.3 is 0 Å². The lowest BCUT2D eigenvalue weighted by Crippen LogP contribution is -2.29. The van der Waals surface area contributed by atoms with Gasteiger partial charge in [-0.3, -0.25) is 0 Å². The number of anilines is 3. The van der Waals surface area contributed by atoms with Crippen LogP contribution in [0.2, 0.25) is 0 Å². The summed E-state index contributed by atoms with van der Waals surface area (Å²) in [5.74, 6) is 0. The summed E-state index contributed by atoms with van der Waals surface area (Å²) in [6.45, 7) is 0. The fraction of sp³-hybridized carbons (Fsp3) is 0.0182. The van der Waals surface area contributed by atoms with E-state index in [2.05, 4.69) is 229 Å². The van der Waals surface area contributed by atoms with Crippen LogP contribution in [0.4, 0.5) is 17.1 Å². The van der Waals surface area contributed by atoms with Crippen molar-refractivity contribution in [3.05, 3.63) is 247 Å². The highest BCUT2D eigenvalue weighted by Gasteiger charge is 2.49. The maximum atomic E-state index is 2.48. The van der Waals surface area contributed by atoms with Gasteiger partial charge in [-0.1, -0.05) is 200 Å². The summed E-state index contributed by atoms with van der Waals surface area (Å²) in [5.41, 5.74) is 20.5. The molecule has 2 aliphatic carbocycles. The van der Waals surface area contributed by atoms with Gasteiger partial charge in [0.15, 0.2) is 0 Å². The average molecular weight is 712 g/mol. The van der Waals surface area contributed by atoms with E-state index in [9.17, 15) is 0 Å². The molecule has 0 amide bonds. The normalized spacial score (nSPS) is 12.8. The molecule has 0 bridgehead atoms. The Bertz CT molecular complexity index is 2770. The molecule has 9 aromatic rings. The zero-order valence-electron chi connectivity index (χ0n) is 30.8. The number of fused-ring (bicyclic) bond motifs is 12. The second-order valence-corrected chi connectivity index (χ2v) is 14.8. The minimum atomic E-state index is -0.522. The van der Waals surface area contributed by atoms with E-state index in [1.165, 1.54) is 77.9 Å². The highest BCUT2D eigenvalue weighted by Crippen LogP contribution is 2.62. The van der Waals surface area contributed by atoms with Crippen LogP contribution >= 0.6 is 0 Å². The largest absolute Gasteiger partial charge is 0.309 e. The van der Waals surface area contributed by atoms with Crippen molar-refractivity contribution in [3.63, 3.8) is 0 Å². The Morgan fingerprint density at radius 3 is 1.05 bits per heavy atom. The predicted molar refractivity (Wildman–Crippen MR) is 234 cm³/mol. The Labute approximate surface area is 328 Å². The smallest absolute Gasteiger partial charge is 0.0725 e. The molecule has 262 valence electrons. The van der Waals surface area contributed by atoms with Crippen LogP contribution in [0.3, 0.4) is 0 Å². The molecule has 0 saturated heterocycles. The number of benzene rings is 9. The van der Waals surface area contributed by atoms with Crippen molar-refractivity contribution in [1.82, 2.24) is 0 Å². The van der Waals surface area contributed by atoms with Crippen LogP contribution in [0.5, 0.6) is 0 Å². The first-order chi connectivity index (χ1) is 27.8. The van der Waals surface area contributed by atoms with Crippen molar-refractivity contribution >= 4 is 17.1 Å². The molecule has 0 fully saturated rings. The summed E-state index contributed by atoms with van der Waals surface area (Å²) in [6, 6.07) is 82.6. The quantitative estimate of drug-likeness (QED) is 0.172. The monoisotopic (exact) mass is 711 g/mol. The van der Waals surface area contributed by atoms with Gasteiger partial charge < -0.3 is 4.90 Å².